The number of carbonyl (C=O) groups excluding carboxylic acids is 2. The first-order valence-electron chi connectivity index (χ1n) is 6.03. The van der Waals surface area contributed by atoms with Crippen molar-refractivity contribution >= 4 is 12.3 Å². The zero-order chi connectivity index (χ0) is 13.7. The summed E-state index contributed by atoms with van der Waals surface area (Å²) < 4.78 is 10.2. The Morgan fingerprint density at radius 1 is 1.21 bits per heavy atom. The van der Waals surface area contributed by atoms with Gasteiger partial charge in [-0.1, -0.05) is 24.3 Å². The minimum atomic E-state index is -0.239. The minimum Gasteiger partial charge on any atom is -0.466 e. The molecule has 2 rings (SSSR count). The third-order valence-electron chi connectivity index (χ3n) is 2.64. The summed E-state index contributed by atoms with van der Waals surface area (Å²) in [6.07, 6.45) is 0.921. The Hall–Kier alpha value is -2.36. The maximum atomic E-state index is 11.3. The molecule has 1 aromatic heterocycles. The Kier molecular flexibility index (Phi) is 4.13. The third kappa shape index (κ3) is 3.31. The minimum absolute atomic E-state index is 0.239. The van der Waals surface area contributed by atoms with Crippen molar-refractivity contribution in [1.29, 1.82) is 0 Å². The van der Waals surface area contributed by atoms with Crippen molar-refractivity contribution in [2.24, 2.45) is 0 Å². The van der Waals surface area contributed by atoms with Gasteiger partial charge in [0.05, 0.1) is 13.0 Å². The SMILES string of the molecule is CCOC(=O)Cc1ccc(-c2ccc(C=O)o2)cc1. The molecule has 0 amide bonds. The monoisotopic (exact) mass is 258 g/mol. The van der Waals surface area contributed by atoms with Gasteiger partial charge in [-0.15, -0.1) is 0 Å². The molecule has 0 aliphatic heterocycles. The molecule has 1 heterocycles. The van der Waals surface area contributed by atoms with Gasteiger partial charge in [-0.25, -0.2) is 0 Å². The topological polar surface area (TPSA) is 56.5 Å². The summed E-state index contributed by atoms with van der Waals surface area (Å²) in [5.74, 6) is 0.687. The van der Waals surface area contributed by atoms with Gasteiger partial charge in [-0.2, -0.15) is 0 Å². The molecule has 0 bridgehead atoms. The van der Waals surface area contributed by atoms with Crippen molar-refractivity contribution in [1.82, 2.24) is 0 Å². The lowest BCUT2D eigenvalue weighted by Crippen LogP contribution is -2.07. The van der Waals surface area contributed by atoms with E-state index in [1.165, 1.54) is 0 Å². The predicted octanol–water partition coefficient (Wildman–Crippen LogP) is 2.86. The Balaban J connectivity index is 2.09. The fraction of sp³-hybridized carbons (Fsp3) is 0.200. The highest BCUT2D eigenvalue weighted by molar-refractivity contribution is 5.74. The molecule has 0 atom stereocenters. The van der Waals surface area contributed by atoms with Crippen LogP contribution in [0, 0.1) is 0 Å². The van der Waals surface area contributed by atoms with Crippen LogP contribution in [0.2, 0.25) is 0 Å². The van der Waals surface area contributed by atoms with Crippen LogP contribution in [0.1, 0.15) is 23.0 Å². The number of carbonyl (C=O) groups is 2. The van der Waals surface area contributed by atoms with Crippen LogP contribution < -0.4 is 0 Å². The molecule has 0 aliphatic carbocycles. The van der Waals surface area contributed by atoms with E-state index in [4.69, 9.17) is 9.15 Å². The summed E-state index contributed by atoms with van der Waals surface area (Å²) in [5.41, 5.74) is 1.74. The van der Waals surface area contributed by atoms with Crippen molar-refractivity contribution in [3.05, 3.63) is 47.7 Å². The van der Waals surface area contributed by atoms with Crippen molar-refractivity contribution < 1.29 is 18.7 Å². The molecule has 4 heteroatoms. The number of benzene rings is 1. The molecule has 98 valence electrons. The maximum Gasteiger partial charge on any atom is 0.310 e. The Morgan fingerprint density at radius 2 is 1.95 bits per heavy atom. The summed E-state index contributed by atoms with van der Waals surface area (Å²) in [6.45, 7) is 2.17. The van der Waals surface area contributed by atoms with E-state index in [0.717, 1.165) is 11.1 Å². The smallest absolute Gasteiger partial charge is 0.310 e. The fourth-order valence-electron chi connectivity index (χ4n) is 1.74. The third-order valence-corrected chi connectivity index (χ3v) is 2.64. The Labute approximate surface area is 111 Å². The zero-order valence-electron chi connectivity index (χ0n) is 10.6. The van der Waals surface area contributed by atoms with Crippen LogP contribution in [0.25, 0.3) is 11.3 Å². The molecule has 0 spiro atoms. The van der Waals surface area contributed by atoms with E-state index >= 15 is 0 Å². The van der Waals surface area contributed by atoms with Gasteiger partial charge in [0, 0.05) is 5.56 Å². The molecule has 0 saturated carbocycles. The second kappa shape index (κ2) is 6.00. The lowest BCUT2D eigenvalue weighted by Gasteiger charge is -2.03. The molecular weight excluding hydrogens is 244 g/mol. The second-order valence-corrected chi connectivity index (χ2v) is 4.00. The molecule has 2 aromatic rings. The van der Waals surface area contributed by atoms with Gasteiger partial charge >= 0.3 is 5.97 Å². The molecule has 19 heavy (non-hydrogen) atoms. The van der Waals surface area contributed by atoms with Crippen LogP contribution in [0.5, 0.6) is 0 Å². The normalized spacial score (nSPS) is 10.2. The summed E-state index contributed by atoms with van der Waals surface area (Å²) in [7, 11) is 0. The van der Waals surface area contributed by atoms with Crippen LogP contribution in [0.15, 0.2) is 40.8 Å². The summed E-state index contributed by atoms with van der Waals surface area (Å²) in [4.78, 5) is 21.9. The highest BCUT2D eigenvalue weighted by Gasteiger charge is 2.06. The number of furan rings is 1. The van der Waals surface area contributed by atoms with Crippen LogP contribution in [0.3, 0.4) is 0 Å². The van der Waals surface area contributed by atoms with Gasteiger partial charge in [0.2, 0.25) is 0 Å². The van der Waals surface area contributed by atoms with Gasteiger partial charge in [-0.05, 0) is 24.6 Å². The first-order chi connectivity index (χ1) is 9.22. The van der Waals surface area contributed by atoms with Gasteiger partial charge < -0.3 is 9.15 Å². The molecule has 1 aromatic carbocycles. The Bertz CT molecular complexity index is 566. The highest BCUT2D eigenvalue weighted by atomic mass is 16.5. The molecule has 0 radical (unpaired) electrons. The van der Waals surface area contributed by atoms with Gasteiger partial charge in [-0.3, -0.25) is 9.59 Å². The standard InChI is InChI=1S/C15H14O4/c1-2-18-15(17)9-11-3-5-12(6-4-11)14-8-7-13(10-16)19-14/h3-8,10H,2,9H2,1H3. The maximum absolute atomic E-state index is 11.3. The van der Waals surface area contributed by atoms with E-state index in [0.29, 0.717) is 24.4 Å². The summed E-state index contributed by atoms with van der Waals surface area (Å²) >= 11 is 0. The van der Waals surface area contributed by atoms with Crippen LogP contribution in [-0.2, 0) is 16.0 Å². The quantitative estimate of drug-likeness (QED) is 0.611. The first kappa shape index (κ1) is 13.1. The van der Waals surface area contributed by atoms with E-state index in [9.17, 15) is 9.59 Å². The van der Waals surface area contributed by atoms with E-state index in [2.05, 4.69) is 0 Å². The predicted molar refractivity (Wildman–Crippen MR) is 69.9 cm³/mol. The van der Waals surface area contributed by atoms with Gasteiger partial charge in [0.25, 0.3) is 0 Å². The summed E-state index contributed by atoms with van der Waals surface area (Å²) in [6, 6.07) is 10.7. The highest BCUT2D eigenvalue weighted by Crippen LogP contribution is 2.22. The van der Waals surface area contributed by atoms with Crippen LogP contribution >= 0.6 is 0 Å². The van der Waals surface area contributed by atoms with Crippen LogP contribution in [-0.4, -0.2) is 18.9 Å². The van der Waals surface area contributed by atoms with E-state index < -0.39 is 0 Å². The van der Waals surface area contributed by atoms with Crippen LogP contribution in [0.4, 0.5) is 0 Å². The summed E-state index contributed by atoms with van der Waals surface area (Å²) in [5, 5.41) is 0. The average Bonchev–Trinajstić information content (AvgIpc) is 2.88. The van der Waals surface area contributed by atoms with E-state index in [-0.39, 0.29) is 12.4 Å². The van der Waals surface area contributed by atoms with E-state index in [1.54, 1.807) is 19.1 Å². The largest absolute Gasteiger partial charge is 0.466 e. The second-order valence-electron chi connectivity index (χ2n) is 4.00. The van der Waals surface area contributed by atoms with Gasteiger partial charge in [0.15, 0.2) is 12.0 Å². The molecular formula is C15H14O4. The number of hydrogen-bond donors (Lipinski definition) is 0. The lowest BCUT2D eigenvalue weighted by atomic mass is 10.1. The number of ether oxygens (including phenoxy) is 1. The van der Waals surface area contributed by atoms with Crippen molar-refractivity contribution in [2.45, 2.75) is 13.3 Å². The molecule has 0 aliphatic rings. The van der Waals surface area contributed by atoms with Crippen molar-refractivity contribution in [3.8, 4) is 11.3 Å². The molecule has 0 saturated heterocycles. The number of hydrogen-bond acceptors (Lipinski definition) is 4. The molecule has 4 nitrogen and oxygen atoms in total. The van der Waals surface area contributed by atoms with Gasteiger partial charge in [0.1, 0.15) is 5.76 Å². The fourth-order valence-corrected chi connectivity index (χ4v) is 1.74. The molecule has 0 N–H and O–H groups in total. The zero-order valence-corrected chi connectivity index (χ0v) is 10.6. The number of aldehydes is 1. The first-order valence-corrected chi connectivity index (χ1v) is 6.03. The van der Waals surface area contributed by atoms with E-state index in [1.807, 2.05) is 24.3 Å². The Morgan fingerprint density at radius 3 is 2.53 bits per heavy atom. The number of esters is 1. The van der Waals surface area contributed by atoms with Crippen molar-refractivity contribution in [2.75, 3.05) is 6.61 Å². The molecule has 0 unspecified atom stereocenters. The average molecular weight is 258 g/mol. The lowest BCUT2D eigenvalue weighted by molar-refractivity contribution is -0.142. The van der Waals surface area contributed by atoms with Crippen molar-refractivity contribution in [3.63, 3.8) is 0 Å². The molecule has 0 fully saturated rings. The number of rotatable bonds is 5.